The third-order valence-electron chi connectivity index (χ3n) is 3.89. The minimum Gasteiger partial charge on any atom is -0.339 e. The zero-order valence-electron chi connectivity index (χ0n) is 13.8. The first-order valence-electron chi connectivity index (χ1n) is 7.86. The summed E-state index contributed by atoms with van der Waals surface area (Å²) in [5.41, 5.74) is 1.11. The van der Waals surface area contributed by atoms with Gasteiger partial charge in [-0.05, 0) is 48.0 Å². The molecule has 1 N–H and O–H groups in total. The Balaban J connectivity index is 1.97. The Kier molecular flexibility index (Phi) is 5.70. The van der Waals surface area contributed by atoms with Crippen molar-refractivity contribution in [2.75, 3.05) is 0 Å². The maximum Gasteiger partial charge on any atom is 0.252 e. The van der Waals surface area contributed by atoms with Crippen molar-refractivity contribution in [3.05, 3.63) is 99.0 Å². The zero-order valence-corrected chi connectivity index (χ0v) is 15.3. The maximum atomic E-state index is 13.9. The average Bonchev–Trinajstić information content (AvgIpc) is 2.67. The van der Waals surface area contributed by atoms with Crippen molar-refractivity contribution < 1.29 is 9.18 Å². The molecule has 27 heavy (non-hydrogen) atoms. The molecule has 0 saturated heterocycles. The van der Waals surface area contributed by atoms with Gasteiger partial charge in [-0.1, -0.05) is 35.3 Å². The number of hydrogen-bond acceptors (Lipinski definition) is 3. The Hall–Kier alpha value is -2.94. The molecule has 1 heterocycles. The summed E-state index contributed by atoms with van der Waals surface area (Å²) >= 11 is 12.2. The average molecular weight is 400 g/mol. The first-order valence-corrected chi connectivity index (χ1v) is 8.61. The number of nitrogens with one attached hydrogen (secondary N) is 1. The molecule has 0 bridgehead atoms. The van der Waals surface area contributed by atoms with Crippen LogP contribution in [-0.4, -0.2) is 10.9 Å². The van der Waals surface area contributed by atoms with Gasteiger partial charge in [-0.3, -0.25) is 9.78 Å². The van der Waals surface area contributed by atoms with Crippen LogP contribution in [0.25, 0.3) is 0 Å². The minimum absolute atomic E-state index is 0.0810. The molecule has 3 aromatic rings. The molecular formula is C20H12Cl2FN3O. The topological polar surface area (TPSA) is 65.8 Å². The van der Waals surface area contributed by atoms with E-state index in [2.05, 4.69) is 10.3 Å². The number of nitrogens with zero attached hydrogens (tertiary/aromatic N) is 2. The summed E-state index contributed by atoms with van der Waals surface area (Å²) in [4.78, 5) is 16.9. The van der Waals surface area contributed by atoms with Crippen molar-refractivity contribution in [3.8, 4) is 6.07 Å². The Morgan fingerprint density at radius 2 is 1.89 bits per heavy atom. The van der Waals surface area contributed by atoms with Crippen molar-refractivity contribution in [2.45, 2.75) is 6.04 Å². The van der Waals surface area contributed by atoms with Crippen LogP contribution in [0.2, 0.25) is 10.0 Å². The quantitative estimate of drug-likeness (QED) is 0.676. The fourth-order valence-electron chi connectivity index (χ4n) is 2.54. The lowest BCUT2D eigenvalue weighted by Gasteiger charge is -2.20. The highest BCUT2D eigenvalue weighted by atomic mass is 35.5. The number of hydrogen-bond donors (Lipinski definition) is 1. The van der Waals surface area contributed by atoms with Crippen LogP contribution in [0.5, 0.6) is 0 Å². The van der Waals surface area contributed by atoms with Gasteiger partial charge in [0, 0.05) is 16.8 Å². The summed E-state index contributed by atoms with van der Waals surface area (Å²) in [5.74, 6) is -1.29. The molecule has 7 heteroatoms. The third-order valence-corrected chi connectivity index (χ3v) is 4.46. The standard InChI is InChI=1S/C20H12Cl2FN3O/c21-15-7-5-12(6-8-15)18(19-16(22)2-1-9-25-19)26-20(27)13-3-4-14(11-24)17(23)10-13/h1-10,18H,(H,26,27)/t18-/m0/s1. The van der Waals surface area contributed by atoms with E-state index in [-0.39, 0.29) is 11.1 Å². The van der Waals surface area contributed by atoms with Gasteiger partial charge in [0.05, 0.1) is 22.3 Å². The van der Waals surface area contributed by atoms with E-state index in [1.165, 1.54) is 12.1 Å². The van der Waals surface area contributed by atoms with E-state index in [0.717, 1.165) is 6.07 Å². The molecule has 1 aromatic heterocycles. The molecule has 0 radical (unpaired) electrons. The normalized spacial score (nSPS) is 11.5. The smallest absolute Gasteiger partial charge is 0.252 e. The van der Waals surface area contributed by atoms with Gasteiger partial charge in [-0.15, -0.1) is 0 Å². The van der Waals surface area contributed by atoms with Gasteiger partial charge in [-0.25, -0.2) is 4.39 Å². The molecule has 4 nitrogen and oxygen atoms in total. The summed E-state index contributed by atoms with van der Waals surface area (Å²) in [6, 6.07) is 14.9. The van der Waals surface area contributed by atoms with Crippen LogP contribution in [0, 0.1) is 17.1 Å². The molecule has 0 aliphatic rings. The lowest BCUT2D eigenvalue weighted by molar-refractivity contribution is 0.0942. The lowest BCUT2D eigenvalue weighted by atomic mass is 10.0. The monoisotopic (exact) mass is 399 g/mol. The summed E-state index contributed by atoms with van der Waals surface area (Å²) in [6.45, 7) is 0. The van der Waals surface area contributed by atoms with E-state index < -0.39 is 17.8 Å². The molecule has 134 valence electrons. The molecule has 1 atom stereocenters. The highest BCUT2D eigenvalue weighted by Crippen LogP contribution is 2.27. The van der Waals surface area contributed by atoms with E-state index in [9.17, 15) is 9.18 Å². The molecule has 1 amide bonds. The maximum absolute atomic E-state index is 13.9. The number of carbonyl (C=O) groups is 1. The van der Waals surface area contributed by atoms with Crippen LogP contribution >= 0.6 is 23.2 Å². The van der Waals surface area contributed by atoms with Gasteiger partial charge in [-0.2, -0.15) is 5.26 Å². The number of amides is 1. The lowest BCUT2D eigenvalue weighted by Crippen LogP contribution is -2.30. The number of pyridine rings is 1. The number of carbonyl (C=O) groups excluding carboxylic acids is 1. The second kappa shape index (κ2) is 8.17. The minimum atomic E-state index is -0.760. The van der Waals surface area contributed by atoms with Crippen molar-refractivity contribution in [1.29, 1.82) is 5.26 Å². The van der Waals surface area contributed by atoms with Crippen molar-refractivity contribution >= 4 is 29.1 Å². The van der Waals surface area contributed by atoms with E-state index in [1.54, 1.807) is 48.7 Å². The summed E-state index contributed by atoms with van der Waals surface area (Å²) in [6.07, 6.45) is 1.57. The zero-order chi connectivity index (χ0) is 19.4. The van der Waals surface area contributed by atoms with E-state index >= 15 is 0 Å². The fourth-order valence-corrected chi connectivity index (χ4v) is 2.89. The highest BCUT2D eigenvalue weighted by Gasteiger charge is 2.22. The van der Waals surface area contributed by atoms with Gasteiger partial charge >= 0.3 is 0 Å². The molecule has 0 spiro atoms. The summed E-state index contributed by atoms with van der Waals surface area (Å²) in [7, 11) is 0. The van der Waals surface area contributed by atoms with Crippen molar-refractivity contribution in [3.63, 3.8) is 0 Å². The second-order valence-electron chi connectivity index (χ2n) is 5.63. The van der Waals surface area contributed by atoms with E-state index in [1.807, 2.05) is 0 Å². The van der Waals surface area contributed by atoms with E-state index in [4.69, 9.17) is 28.5 Å². The summed E-state index contributed by atoms with van der Waals surface area (Å²) < 4.78 is 13.9. The largest absolute Gasteiger partial charge is 0.339 e. The molecule has 0 aliphatic carbocycles. The molecule has 0 saturated carbocycles. The highest BCUT2D eigenvalue weighted by molar-refractivity contribution is 6.31. The Morgan fingerprint density at radius 3 is 2.52 bits per heavy atom. The Morgan fingerprint density at radius 1 is 1.15 bits per heavy atom. The molecule has 0 fully saturated rings. The van der Waals surface area contributed by atoms with E-state index in [0.29, 0.717) is 21.3 Å². The first kappa shape index (κ1) is 18.8. The first-order chi connectivity index (χ1) is 13.0. The Bertz CT molecular complexity index is 1030. The molecular weight excluding hydrogens is 388 g/mol. The molecule has 2 aromatic carbocycles. The second-order valence-corrected chi connectivity index (χ2v) is 6.48. The molecule has 3 rings (SSSR count). The predicted molar refractivity (Wildman–Crippen MR) is 101 cm³/mol. The van der Waals surface area contributed by atoms with Crippen molar-refractivity contribution in [1.82, 2.24) is 10.3 Å². The van der Waals surface area contributed by atoms with Crippen LogP contribution in [-0.2, 0) is 0 Å². The van der Waals surface area contributed by atoms with Crippen LogP contribution in [0.1, 0.15) is 33.2 Å². The van der Waals surface area contributed by atoms with Gasteiger partial charge in [0.25, 0.3) is 5.91 Å². The van der Waals surface area contributed by atoms with Gasteiger partial charge in [0.1, 0.15) is 11.9 Å². The number of rotatable bonds is 4. The van der Waals surface area contributed by atoms with Crippen LogP contribution in [0.15, 0.2) is 60.8 Å². The van der Waals surface area contributed by atoms with Gasteiger partial charge < -0.3 is 5.32 Å². The number of halogens is 3. The number of nitriles is 1. The summed E-state index contributed by atoms with van der Waals surface area (Å²) in [5, 5.41) is 12.6. The number of benzene rings is 2. The van der Waals surface area contributed by atoms with Gasteiger partial charge in [0.15, 0.2) is 0 Å². The fraction of sp³-hybridized carbons (Fsp3) is 0.0500. The molecule has 0 aliphatic heterocycles. The third kappa shape index (κ3) is 4.25. The molecule has 0 unspecified atom stereocenters. The van der Waals surface area contributed by atoms with Crippen LogP contribution in [0.3, 0.4) is 0 Å². The SMILES string of the molecule is N#Cc1ccc(C(=O)N[C@@H](c2ccc(Cl)cc2)c2ncccc2Cl)cc1F. The van der Waals surface area contributed by atoms with Gasteiger partial charge in [0.2, 0.25) is 0 Å². The predicted octanol–water partition coefficient (Wildman–Crippen LogP) is 4.92. The van der Waals surface area contributed by atoms with Crippen LogP contribution in [0.4, 0.5) is 4.39 Å². The van der Waals surface area contributed by atoms with Crippen molar-refractivity contribution in [2.24, 2.45) is 0 Å². The Labute approximate surface area is 165 Å². The number of aromatic nitrogens is 1. The van der Waals surface area contributed by atoms with Crippen LogP contribution < -0.4 is 5.32 Å².